The molecule has 0 aliphatic heterocycles. The molecule has 0 spiro atoms. The van der Waals surface area contributed by atoms with Crippen LogP contribution in [0.4, 0.5) is 4.79 Å². The van der Waals surface area contributed by atoms with Gasteiger partial charge >= 0.3 is 11.7 Å². The fourth-order valence-electron chi connectivity index (χ4n) is 3.47. The molecule has 3 aromatic rings. The van der Waals surface area contributed by atoms with E-state index in [2.05, 4.69) is 0 Å². The molecule has 198 valence electrons. The monoisotopic (exact) mass is 549 g/mol. The van der Waals surface area contributed by atoms with Crippen molar-refractivity contribution >= 4 is 44.6 Å². The maximum atomic E-state index is 13.0. The van der Waals surface area contributed by atoms with Crippen LogP contribution in [0.25, 0.3) is 11.0 Å². The summed E-state index contributed by atoms with van der Waals surface area (Å²) in [5.74, 6) is -0.303. The first kappa shape index (κ1) is 28.2. The first-order valence-electron chi connectivity index (χ1n) is 11.1. The number of likely N-dealkylation sites (N-methyl/N-ethyl adjacent to an activating group) is 2. The maximum Gasteiger partial charge on any atom is 0.414 e. The van der Waals surface area contributed by atoms with Crippen LogP contribution in [-0.2, 0) is 21.2 Å². The van der Waals surface area contributed by atoms with Crippen molar-refractivity contribution in [1.82, 2.24) is 14.1 Å². The van der Waals surface area contributed by atoms with Crippen molar-refractivity contribution < 1.29 is 27.2 Å². The molecule has 0 fully saturated rings. The highest BCUT2D eigenvalue weighted by Gasteiger charge is 2.24. The van der Waals surface area contributed by atoms with Crippen molar-refractivity contribution in [3.05, 3.63) is 68.5 Å². The van der Waals surface area contributed by atoms with Crippen molar-refractivity contribution in [2.45, 2.75) is 18.2 Å². The lowest BCUT2D eigenvalue weighted by Gasteiger charge is -2.19. The zero-order valence-corrected chi connectivity index (χ0v) is 22.9. The van der Waals surface area contributed by atoms with Gasteiger partial charge in [-0.2, -0.15) is 4.31 Å². The van der Waals surface area contributed by atoms with Gasteiger partial charge in [0.25, 0.3) is 0 Å². The van der Waals surface area contributed by atoms with Gasteiger partial charge in [-0.3, -0.25) is 4.79 Å². The predicted molar refractivity (Wildman–Crippen MR) is 140 cm³/mol. The summed E-state index contributed by atoms with van der Waals surface area (Å²) in [5, 5.41) is 0.712. The van der Waals surface area contributed by atoms with E-state index in [1.54, 1.807) is 39.2 Å². The minimum absolute atomic E-state index is 0.00252. The SMILES string of the molecule is Cc1c(Cc2cccc(S(=O)(=O)N(C)CC(=O)N(C)C)c2)c(=O)oc2cc(OC(=O)N(C)C)c(Cl)cc12. The minimum atomic E-state index is -3.94. The number of hydrogen-bond acceptors (Lipinski definition) is 7. The second-order valence-corrected chi connectivity index (χ2v) is 11.4. The topological polar surface area (TPSA) is 117 Å². The van der Waals surface area contributed by atoms with Gasteiger partial charge in [0.15, 0.2) is 5.75 Å². The number of hydrogen-bond donors (Lipinski definition) is 0. The summed E-state index contributed by atoms with van der Waals surface area (Å²) in [7, 11) is 3.53. The molecule has 10 nitrogen and oxygen atoms in total. The van der Waals surface area contributed by atoms with Crippen LogP contribution >= 0.6 is 11.6 Å². The lowest BCUT2D eigenvalue weighted by atomic mass is 9.99. The van der Waals surface area contributed by atoms with Crippen molar-refractivity contribution in [2.75, 3.05) is 41.8 Å². The molecular formula is C25H28ClN3O7S. The molecule has 1 heterocycles. The predicted octanol–water partition coefficient (Wildman–Crippen LogP) is 3.11. The van der Waals surface area contributed by atoms with Gasteiger partial charge in [-0.25, -0.2) is 18.0 Å². The molecule has 0 saturated carbocycles. The lowest BCUT2D eigenvalue weighted by Crippen LogP contribution is -2.37. The molecule has 37 heavy (non-hydrogen) atoms. The Kier molecular flexibility index (Phi) is 8.31. The van der Waals surface area contributed by atoms with Crippen molar-refractivity contribution in [3.8, 4) is 5.75 Å². The standard InChI is InChI=1S/C25H28ClN3O7S/c1-15-18-12-20(26)22(36-25(32)28(4)5)13-21(18)35-24(31)19(15)11-16-8-7-9-17(10-16)37(33,34)29(6)14-23(30)27(2)3/h7-10,12-13H,11,14H2,1-6H3. The maximum absolute atomic E-state index is 13.0. The number of sulfonamides is 1. The van der Waals surface area contributed by atoms with Gasteiger partial charge in [0.1, 0.15) is 5.58 Å². The third-order valence-corrected chi connectivity index (χ3v) is 7.84. The van der Waals surface area contributed by atoms with Gasteiger partial charge in [0, 0.05) is 58.7 Å². The highest BCUT2D eigenvalue weighted by atomic mass is 35.5. The number of rotatable bonds is 7. The number of carbonyl (C=O) groups is 2. The summed E-state index contributed by atoms with van der Waals surface area (Å²) in [6.45, 7) is 1.43. The van der Waals surface area contributed by atoms with Crippen LogP contribution in [0.1, 0.15) is 16.7 Å². The number of halogens is 1. The Morgan fingerprint density at radius 3 is 2.32 bits per heavy atom. The second kappa shape index (κ2) is 10.9. The summed E-state index contributed by atoms with van der Waals surface area (Å²) < 4.78 is 37.7. The Balaban J connectivity index is 1.96. The van der Waals surface area contributed by atoms with Crippen LogP contribution < -0.4 is 10.4 Å². The molecule has 0 radical (unpaired) electrons. The first-order valence-corrected chi connectivity index (χ1v) is 12.9. The highest BCUT2D eigenvalue weighted by molar-refractivity contribution is 7.89. The summed E-state index contributed by atoms with van der Waals surface area (Å²) in [6.07, 6.45) is -0.536. The fraction of sp³-hybridized carbons (Fsp3) is 0.320. The molecule has 0 aliphatic carbocycles. The number of nitrogens with zero attached hydrogens (tertiary/aromatic N) is 3. The molecule has 0 bridgehead atoms. The Morgan fingerprint density at radius 2 is 1.70 bits per heavy atom. The van der Waals surface area contributed by atoms with Crippen molar-refractivity contribution in [3.63, 3.8) is 0 Å². The van der Waals surface area contributed by atoms with Crippen LogP contribution in [0, 0.1) is 6.92 Å². The number of benzene rings is 2. The molecule has 0 saturated heterocycles. The van der Waals surface area contributed by atoms with E-state index in [0.717, 1.165) is 4.31 Å². The molecule has 0 N–H and O–H groups in total. The molecule has 3 rings (SSSR count). The zero-order valence-electron chi connectivity index (χ0n) is 21.4. The summed E-state index contributed by atoms with van der Waals surface area (Å²) in [4.78, 5) is 39.3. The van der Waals surface area contributed by atoms with E-state index < -0.39 is 21.7 Å². The molecule has 0 atom stereocenters. The van der Waals surface area contributed by atoms with Crippen LogP contribution in [-0.4, -0.2) is 76.3 Å². The van der Waals surface area contributed by atoms with Gasteiger partial charge in [0.2, 0.25) is 15.9 Å². The Labute approximate surface area is 220 Å². The number of ether oxygens (including phenoxy) is 1. The average Bonchev–Trinajstić information content (AvgIpc) is 2.82. The van der Waals surface area contributed by atoms with Crippen molar-refractivity contribution in [1.29, 1.82) is 0 Å². The molecule has 0 aliphatic rings. The first-order chi connectivity index (χ1) is 17.2. The largest absolute Gasteiger partial charge is 0.422 e. The van der Waals surface area contributed by atoms with Gasteiger partial charge in [-0.1, -0.05) is 23.7 Å². The van der Waals surface area contributed by atoms with Crippen molar-refractivity contribution in [2.24, 2.45) is 0 Å². The molecule has 0 unspecified atom stereocenters. The quantitative estimate of drug-likeness (QED) is 0.415. The Morgan fingerprint density at radius 1 is 1.03 bits per heavy atom. The third kappa shape index (κ3) is 6.12. The van der Waals surface area contributed by atoms with Gasteiger partial charge in [-0.05, 0) is 36.2 Å². The van der Waals surface area contributed by atoms with Crippen LogP contribution in [0.5, 0.6) is 5.75 Å². The van der Waals surface area contributed by atoms with Crippen LogP contribution in [0.3, 0.4) is 0 Å². The lowest BCUT2D eigenvalue weighted by molar-refractivity contribution is -0.128. The number of carbonyl (C=O) groups excluding carboxylic acids is 2. The smallest absolute Gasteiger partial charge is 0.414 e. The molecule has 2 aromatic carbocycles. The van der Waals surface area contributed by atoms with E-state index in [0.29, 0.717) is 22.1 Å². The summed E-state index contributed by atoms with van der Waals surface area (Å²) >= 11 is 6.32. The molecule has 12 heteroatoms. The number of aryl methyl sites for hydroxylation is 1. The van der Waals surface area contributed by atoms with E-state index in [1.165, 1.54) is 49.1 Å². The number of amides is 2. The normalized spacial score (nSPS) is 11.6. The Hall–Kier alpha value is -3.41. The average molecular weight is 550 g/mol. The second-order valence-electron chi connectivity index (χ2n) is 8.91. The fourth-order valence-corrected chi connectivity index (χ4v) is 4.87. The molecular weight excluding hydrogens is 522 g/mol. The molecule has 2 amide bonds. The summed E-state index contributed by atoms with van der Waals surface area (Å²) in [6, 6.07) is 9.10. The third-order valence-electron chi connectivity index (χ3n) is 5.75. The van der Waals surface area contributed by atoms with E-state index in [1.807, 2.05) is 0 Å². The summed E-state index contributed by atoms with van der Waals surface area (Å²) in [5.41, 5.74) is 1.07. The highest BCUT2D eigenvalue weighted by Crippen LogP contribution is 2.32. The van der Waals surface area contributed by atoms with Gasteiger partial charge < -0.3 is 19.0 Å². The van der Waals surface area contributed by atoms with Gasteiger partial charge in [-0.15, -0.1) is 0 Å². The Bertz CT molecular complexity index is 1530. The van der Waals surface area contributed by atoms with Crippen LogP contribution in [0.15, 0.2) is 50.5 Å². The van der Waals surface area contributed by atoms with E-state index in [-0.39, 0.29) is 40.1 Å². The van der Waals surface area contributed by atoms with E-state index in [4.69, 9.17) is 20.8 Å². The molecule has 1 aromatic heterocycles. The number of fused-ring (bicyclic) bond motifs is 1. The van der Waals surface area contributed by atoms with E-state index >= 15 is 0 Å². The zero-order chi connectivity index (χ0) is 27.7. The van der Waals surface area contributed by atoms with Gasteiger partial charge in [0.05, 0.1) is 16.5 Å². The van der Waals surface area contributed by atoms with E-state index in [9.17, 15) is 22.8 Å². The minimum Gasteiger partial charge on any atom is -0.422 e. The van der Waals surface area contributed by atoms with Crippen LogP contribution in [0.2, 0.25) is 5.02 Å².